The fraction of sp³-hybridized carbons (Fsp3) is 0.0800. The zero-order valence-corrected chi connectivity index (χ0v) is 18.4. The lowest BCUT2D eigenvalue weighted by Gasteiger charge is -2.11. The van der Waals surface area contributed by atoms with Crippen LogP contribution in [0.25, 0.3) is 0 Å². The van der Waals surface area contributed by atoms with Crippen LogP contribution in [0.5, 0.6) is 11.5 Å². The van der Waals surface area contributed by atoms with Crippen molar-refractivity contribution in [3.8, 4) is 17.6 Å². The highest BCUT2D eigenvalue weighted by Gasteiger charge is 2.15. The second kappa shape index (κ2) is 11.1. The van der Waals surface area contributed by atoms with Crippen LogP contribution < -0.4 is 20.2 Å². The van der Waals surface area contributed by atoms with Crippen molar-refractivity contribution in [2.24, 2.45) is 5.10 Å². The molecule has 0 saturated heterocycles. The van der Waals surface area contributed by atoms with Gasteiger partial charge >= 0.3 is 17.8 Å². The molecule has 0 aromatic heterocycles. The largest absolute Gasteiger partial charge is 0.493 e. The Hall–Kier alpha value is -4.97. The first-order valence-corrected chi connectivity index (χ1v) is 10.0. The van der Waals surface area contributed by atoms with Crippen molar-refractivity contribution in [3.05, 3.63) is 89.5 Å². The van der Waals surface area contributed by atoms with Crippen molar-refractivity contribution in [2.75, 3.05) is 12.4 Å². The summed E-state index contributed by atoms with van der Waals surface area (Å²) in [6.45, 7) is 1.63. The summed E-state index contributed by atoms with van der Waals surface area (Å²) in [7, 11) is 1.43. The number of hydrogen-bond donors (Lipinski definition) is 2. The van der Waals surface area contributed by atoms with E-state index in [0.29, 0.717) is 33.8 Å². The molecule has 0 aliphatic rings. The lowest BCUT2D eigenvalue weighted by molar-refractivity contribution is -0.136. The number of anilines is 1. The number of amides is 2. The number of hydrazone groups is 1. The second-order valence-corrected chi connectivity index (χ2v) is 6.90. The van der Waals surface area contributed by atoms with Crippen LogP contribution in [0.3, 0.4) is 0 Å². The molecule has 0 bridgehead atoms. The number of benzene rings is 3. The molecule has 2 N–H and O–H groups in total. The molecule has 170 valence electrons. The normalized spacial score (nSPS) is 10.6. The van der Waals surface area contributed by atoms with Gasteiger partial charge in [0.15, 0.2) is 11.5 Å². The molecule has 0 aliphatic heterocycles. The predicted molar refractivity (Wildman–Crippen MR) is 125 cm³/mol. The van der Waals surface area contributed by atoms with Gasteiger partial charge in [0.05, 0.1) is 30.0 Å². The van der Waals surface area contributed by atoms with E-state index in [4.69, 9.17) is 14.7 Å². The lowest BCUT2D eigenvalue weighted by Crippen LogP contribution is -2.32. The minimum atomic E-state index is -0.968. The Kier molecular flexibility index (Phi) is 7.71. The minimum Gasteiger partial charge on any atom is -0.493 e. The Balaban J connectivity index is 1.64. The van der Waals surface area contributed by atoms with Crippen LogP contribution in [0.4, 0.5) is 5.69 Å². The number of hydrogen-bond acceptors (Lipinski definition) is 7. The maximum Gasteiger partial charge on any atom is 0.343 e. The predicted octanol–water partition coefficient (Wildman–Crippen LogP) is 3.26. The van der Waals surface area contributed by atoms with Crippen LogP contribution in [0, 0.1) is 11.3 Å². The number of methoxy groups -OCH3 is 1. The van der Waals surface area contributed by atoms with Crippen LogP contribution in [-0.4, -0.2) is 30.6 Å². The van der Waals surface area contributed by atoms with Crippen LogP contribution in [0.2, 0.25) is 0 Å². The van der Waals surface area contributed by atoms with Crippen molar-refractivity contribution in [3.63, 3.8) is 0 Å². The number of nitrogens with one attached hydrogen (secondary N) is 2. The summed E-state index contributed by atoms with van der Waals surface area (Å²) in [5.41, 5.74) is 4.34. The van der Waals surface area contributed by atoms with E-state index in [1.54, 1.807) is 55.5 Å². The number of carbonyl (C=O) groups is 3. The van der Waals surface area contributed by atoms with Gasteiger partial charge in [-0.15, -0.1) is 0 Å². The Morgan fingerprint density at radius 3 is 2.24 bits per heavy atom. The number of ether oxygens (including phenoxy) is 2. The fourth-order valence-electron chi connectivity index (χ4n) is 2.78. The first kappa shape index (κ1) is 23.7. The standard InChI is InChI=1S/C25H20N4O5/c1-16(28-29-24(31)23(30)27-20-11-8-17(15-26)9-12-20)19-10-13-21(22(14-19)33-2)34-25(32)18-6-4-3-5-7-18/h3-14H,1-2H3,(H,27,30)(H,29,31)/b28-16+. The monoisotopic (exact) mass is 456 g/mol. The molecule has 34 heavy (non-hydrogen) atoms. The Bertz CT molecular complexity index is 1280. The number of carbonyl (C=O) groups excluding carboxylic acids is 3. The van der Waals surface area contributed by atoms with Gasteiger partial charge in [0.25, 0.3) is 0 Å². The molecule has 3 aromatic carbocycles. The van der Waals surface area contributed by atoms with E-state index in [1.807, 2.05) is 6.07 Å². The van der Waals surface area contributed by atoms with Gasteiger partial charge in [0, 0.05) is 11.3 Å². The third kappa shape index (κ3) is 6.05. The van der Waals surface area contributed by atoms with Gasteiger partial charge in [-0.05, 0) is 61.5 Å². The summed E-state index contributed by atoms with van der Waals surface area (Å²) in [5, 5.41) is 15.2. The third-order valence-corrected chi connectivity index (χ3v) is 4.60. The Morgan fingerprint density at radius 1 is 0.882 bits per heavy atom. The highest BCUT2D eigenvalue weighted by molar-refractivity contribution is 6.39. The number of nitriles is 1. The summed E-state index contributed by atoms with van der Waals surface area (Å²) < 4.78 is 10.7. The first-order valence-electron chi connectivity index (χ1n) is 10.0. The molecule has 3 aromatic rings. The van der Waals surface area contributed by atoms with Gasteiger partial charge in [0.1, 0.15) is 0 Å². The highest BCUT2D eigenvalue weighted by Crippen LogP contribution is 2.29. The van der Waals surface area contributed by atoms with Gasteiger partial charge in [0.2, 0.25) is 0 Å². The molecule has 0 fully saturated rings. The summed E-state index contributed by atoms with van der Waals surface area (Å²) in [5.74, 6) is -1.90. The Labute approximate surface area is 195 Å². The van der Waals surface area contributed by atoms with E-state index in [-0.39, 0.29) is 5.75 Å². The molecule has 0 spiro atoms. The SMILES string of the molecule is COc1cc(/C(C)=N/NC(=O)C(=O)Nc2ccc(C#N)cc2)ccc1OC(=O)c1ccccc1. The van der Waals surface area contributed by atoms with E-state index in [2.05, 4.69) is 15.8 Å². The molecule has 9 nitrogen and oxygen atoms in total. The van der Waals surface area contributed by atoms with Crippen LogP contribution in [-0.2, 0) is 9.59 Å². The molecule has 2 amide bonds. The van der Waals surface area contributed by atoms with E-state index in [9.17, 15) is 14.4 Å². The van der Waals surface area contributed by atoms with E-state index in [1.165, 1.54) is 31.4 Å². The molecule has 0 unspecified atom stereocenters. The smallest absolute Gasteiger partial charge is 0.343 e. The van der Waals surface area contributed by atoms with Gasteiger partial charge in [-0.2, -0.15) is 10.4 Å². The number of esters is 1. The van der Waals surface area contributed by atoms with Gasteiger partial charge < -0.3 is 14.8 Å². The third-order valence-electron chi connectivity index (χ3n) is 4.60. The summed E-state index contributed by atoms with van der Waals surface area (Å²) in [6, 6.07) is 21.3. The molecule has 0 heterocycles. The summed E-state index contributed by atoms with van der Waals surface area (Å²) >= 11 is 0. The fourth-order valence-corrected chi connectivity index (χ4v) is 2.78. The summed E-state index contributed by atoms with van der Waals surface area (Å²) in [6.07, 6.45) is 0. The number of rotatable bonds is 6. The van der Waals surface area contributed by atoms with Crippen LogP contribution >= 0.6 is 0 Å². The molecule has 0 saturated carbocycles. The molecule has 0 atom stereocenters. The van der Waals surface area contributed by atoms with Crippen LogP contribution in [0.1, 0.15) is 28.4 Å². The number of nitrogens with zero attached hydrogens (tertiary/aromatic N) is 2. The maximum absolute atomic E-state index is 12.3. The van der Waals surface area contributed by atoms with E-state index >= 15 is 0 Å². The lowest BCUT2D eigenvalue weighted by atomic mass is 10.1. The molecule has 0 radical (unpaired) electrons. The van der Waals surface area contributed by atoms with Crippen molar-refractivity contribution in [1.29, 1.82) is 5.26 Å². The molecular weight excluding hydrogens is 436 g/mol. The molecular formula is C25H20N4O5. The van der Waals surface area contributed by atoms with Crippen LogP contribution in [0.15, 0.2) is 77.9 Å². The van der Waals surface area contributed by atoms with E-state index in [0.717, 1.165) is 0 Å². The van der Waals surface area contributed by atoms with Gasteiger partial charge in [-0.3, -0.25) is 9.59 Å². The van der Waals surface area contributed by atoms with Crippen molar-refractivity contribution in [2.45, 2.75) is 6.92 Å². The second-order valence-electron chi connectivity index (χ2n) is 6.90. The van der Waals surface area contributed by atoms with E-state index < -0.39 is 17.8 Å². The van der Waals surface area contributed by atoms with Crippen molar-refractivity contribution < 1.29 is 23.9 Å². The zero-order valence-electron chi connectivity index (χ0n) is 18.4. The zero-order chi connectivity index (χ0) is 24.5. The highest BCUT2D eigenvalue weighted by atomic mass is 16.6. The van der Waals surface area contributed by atoms with Crippen molar-refractivity contribution in [1.82, 2.24) is 5.43 Å². The van der Waals surface area contributed by atoms with Gasteiger partial charge in [-0.25, -0.2) is 10.2 Å². The van der Waals surface area contributed by atoms with Gasteiger partial charge in [-0.1, -0.05) is 18.2 Å². The molecule has 3 rings (SSSR count). The first-order chi connectivity index (χ1) is 16.4. The quantitative estimate of drug-likeness (QED) is 0.193. The molecule has 9 heteroatoms. The summed E-state index contributed by atoms with van der Waals surface area (Å²) in [4.78, 5) is 36.4. The maximum atomic E-state index is 12.3. The minimum absolute atomic E-state index is 0.221. The average Bonchev–Trinajstić information content (AvgIpc) is 2.88. The molecule has 0 aliphatic carbocycles. The topological polar surface area (TPSA) is 130 Å². The van der Waals surface area contributed by atoms with Crippen molar-refractivity contribution >= 4 is 29.2 Å². The Morgan fingerprint density at radius 2 is 1.59 bits per heavy atom. The average molecular weight is 456 g/mol.